The average molecular weight is 260 g/mol. The SMILES string of the molecule is CC(C)NC(=O)c1cccc(NC2CCCCC2)c1. The molecule has 1 aliphatic carbocycles. The maximum absolute atomic E-state index is 12.0. The molecule has 0 atom stereocenters. The second kappa shape index (κ2) is 6.60. The van der Waals surface area contributed by atoms with Crippen LogP contribution in [0.1, 0.15) is 56.3 Å². The van der Waals surface area contributed by atoms with Crippen LogP contribution in [-0.2, 0) is 0 Å². The van der Waals surface area contributed by atoms with Gasteiger partial charge in [-0.15, -0.1) is 0 Å². The smallest absolute Gasteiger partial charge is 0.251 e. The van der Waals surface area contributed by atoms with E-state index in [0.29, 0.717) is 6.04 Å². The highest BCUT2D eigenvalue weighted by Crippen LogP contribution is 2.22. The third kappa shape index (κ3) is 4.27. The first-order chi connectivity index (χ1) is 9.15. The number of benzene rings is 1. The summed E-state index contributed by atoms with van der Waals surface area (Å²) < 4.78 is 0. The third-order valence-electron chi connectivity index (χ3n) is 3.52. The fourth-order valence-corrected chi connectivity index (χ4v) is 2.58. The van der Waals surface area contributed by atoms with Crippen molar-refractivity contribution in [3.63, 3.8) is 0 Å². The molecule has 1 saturated carbocycles. The lowest BCUT2D eigenvalue weighted by atomic mass is 9.95. The van der Waals surface area contributed by atoms with Crippen molar-refractivity contribution in [2.45, 2.75) is 58.0 Å². The van der Waals surface area contributed by atoms with E-state index in [1.54, 1.807) is 0 Å². The van der Waals surface area contributed by atoms with E-state index in [9.17, 15) is 4.79 Å². The summed E-state index contributed by atoms with van der Waals surface area (Å²) in [5.41, 5.74) is 1.79. The number of carbonyl (C=O) groups excluding carboxylic acids is 1. The van der Waals surface area contributed by atoms with Crippen LogP contribution in [0, 0.1) is 0 Å². The van der Waals surface area contributed by atoms with Crippen molar-refractivity contribution >= 4 is 11.6 Å². The van der Waals surface area contributed by atoms with Crippen LogP contribution in [0.4, 0.5) is 5.69 Å². The lowest BCUT2D eigenvalue weighted by Gasteiger charge is -2.24. The topological polar surface area (TPSA) is 41.1 Å². The zero-order chi connectivity index (χ0) is 13.7. The van der Waals surface area contributed by atoms with Gasteiger partial charge in [-0.05, 0) is 44.9 Å². The predicted octanol–water partition coefficient (Wildman–Crippen LogP) is 3.57. The Bertz CT molecular complexity index is 423. The van der Waals surface area contributed by atoms with Gasteiger partial charge in [0.1, 0.15) is 0 Å². The van der Waals surface area contributed by atoms with Crippen LogP contribution in [-0.4, -0.2) is 18.0 Å². The summed E-state index contributed by atoms with van der Waals surface area (Å²) in [4.78, 5) is 12.0. The van der Waals surface area contributed by atoms with Gasteiger partial charge in [-0.1, -0.05) is 25.3 Å². The minimum atomic E-state index is 0.00212. The first-order valence-electron chi connectivity index (χ1n) is 7.32. The zero-order valence-corrected chi connectivity index (χ0v) is 11.9. The molecule has 0 saturated heterocycles. The van der Waals surface area contributed by atoms with Crippen molar-refractivity contribution in [3.05, 3.63) is 29.8 Å². The molecule has 3 heteroatoms. The Morgan fingerprint density at radius 2 is 1.95 bits per heavy atom. The van der Waals surface area contributed by atoms with Crippen molar-refractivity contribution < 1.29 is 4.79 Å². The maximum atomic E-state index is 12.0. The fraction of sp³-hybridized carbons (Fsp3) is 0.562. The molecule has 2 rings (SSSR count). The lowest BCUT2D eigenvalue weighted by molar-refractivity contribution is 0.0943. The summed E-state index contributed by atoms with van der Waals surface area (Å²) in [6.07, 6.45) is 6.45. The first kappa shape index (κ1) is 13.9. The van der Waals surface area contributed by atoms with E-state index >= 15 is 0 Å². The molecule has 0 aliphatic heterocycles. The Kier molecular flexibility index (Phi) is 4.83. The fourth-order valence-electron chi connectivity index (χ4n) is 2.58. The summed E-state index contributed by atoms with van der Waals surface area (Å²) in [5.74, 6) is 0.00212. The van der Waals surface area contributed by atoms with Gasteiger partial charge in [0.2, 0.25) is 0 Å². The van der Waals surface area contributed by atoms with Gasteiger partial charge in [-0.2, -0.15) is 0 Å². The summed E-state index contributed by atoms with van der Waals surface area (Å²) in [5, 5.41) is 6.47. The summed E-state index contributed by atoms with van der Waals surface area (Å²) in [6.45, 7) is 3.95. The first-order valence-corrected chi connectivity index (χ1v) is 7.32. The molecule has 0 bridgehead atoms. The van der Waals surface area contributed by atoms with E-state index < -0.39 is 0 Å². The Balaban J connectivity index is 1.99. The maximum Gasteiger partial charge on any atom is 0.251 e. The van der Waals surface area contributed by atoms with Crippen LogP contribution in [0.3, 0.4) is 0 Å². The Morgan fingerprint density at radius 3 is 2.63 bits per heavy atom. The molecule has 3 nitrogen and oxygen atoms in total. The summed E-state index contributed by atoms with van der Waals surface area (Å²) in [6, 6.07) is 8.54. The molecular formula is C16H24N2O. The molecule has 0 heterocycles. The van der Waals surface area contributed by atoms with E-state index in [0.717, 1.165) is 11.3 Å². The van der Waals surface area contributed by atoms with Crippen LogP contribution in [0.25, 0.3) is 0 Å². The standard InChI is InChI=1S/C16H24N2O/c1-12(2)17-16(19)13-7-6-10-15(11-13)18-14-8-4-3-5-9-14/h6-7,10-12,14,18H,3-5,8-9H2,1-2H3,(H,17,19). The molecule has 0 spiro atoms. The van der Waals surface area contributed by atoms with E-state index in [2.05, 4.69) is 10.6 Å². The van der Waals surface area contributed by atoms with E-state index in [1.807, 2.05) is 38.1 Å². The quantitative estimate of drug-likeness (QED) is 0.869. The van der Waals surface area contributed by atoms with Gasteiger partial charge in [-0.3, -0.25) is 4.79 Å². The number of anilines is 1. The van der Waals surface area contributed by atoms with Crippen LogP contribution in [0.15, 0.2) is 24.3 Å². The van der Waals surface area contributed by atoms with Gasteiger partial charge < -0.3 is 10.6 Å². The van der Waals surface area contributed by atoms with Crippen molar-refractivity contribution in [1.29, 1.82) is 0 Å². The van der Waals surface area contributed by atoms with Crippen LogP contribution in [0.2, 0.25) is 0 Å². The van der Waals surface area contributed by atoms with Crippen molar-refractivity contribution in [3.8, 4) is 0 Å². The van der Waals surface area contributed by atoms with Gasteiger partial charge in [0.05, 0.1) is 0 Å². The largest absolute Gasteiger partial charge is 0.382 e. The molecule has 1 amide bonds. The molecule has 1 aliphatic rings. The molecule has 0 aromatic heterocycles. The molecule has 1 fully saturated rings. The number of amides is 1. The van der Waals surface area contributed by atoms with Crippen LogP contribution >= 0.6 is 0 Å². The molecule has 0 radical (unpaired) electrons. The third-order valence-corrected chi connectivity index (χ3v) is 3.52. The number of hydrogen-bond acceptors (Lipinski definition) is 2. The number of rotatable bonds is 4. The predicted molar refractivity (Wildman–Crippen MR) is 79.5 cm³/mol. The molecular weight excluding hydrogens is 236 g/mol. The van der Waals surface area contributed by atoms with Crippen LogP contribution in [0.5, 0.6) is 0 Å². The highest BCUT2D eigenvalue weighted by molar-refractivity contribution is 5.95. The molecule has 0 unspecified atom stereocenters. The van der Waals surface area contributed by atoms with E-state index in [1.165, 1.54) is 32.1 Å². The number of carbonyl (C=O) groups is 1. The Morgan fingerprint density at radius 1 is 1.21 bits per heavy atom. The second-order valence-corrected chi connectivity index (χ2v) is 5.69. The molecule has 19 heavy (non-hydrogen) atoms. The Labute approximate surface area is 115 Å². The van der Waals surface area contributed by atoms with Gasteiger partial charge in [0, 0.05) is 23.3 Å². The number of hydrogen-bond donors (Lipinski definition) is 2. The normalized spacial score (nSPS) is 16.4. The van der Waals surface area contributed by atoms with E-state index in [-0.39, 0.29) is 11.9 Å². The molecule has 1 aromatic carbocycles. The molecule has 104 valence electrons. The highest BCUT2D eigenvalue weighted by Gasteiger charge is 2.13. The minimum absolute atomic E-state index is 0.00212. The van der Waals surface area contributed by atoms with Gasteiger partial charge in [0.25, 0.3) is 5.91 Å². The monoisotopic (exact) mass is 260 g/mol. The van der Waals surface area contributed by atoms with Crippen LogP contribution < -0.4 is 10.6 Å². The molecule has 2 N–H and O–H groups in total. The summed E-state index contributed by atoms with van der Waals surface area (Å²) >= 11 is 0. The Hall–Kier alpha value is -1.51. The highest BCUT2D eigenvalue weighted by atomic mass is 16.1. The second-order valence-electron chi connectivity index (χ2n) is 5.69. The number of nitrogens with one attached hydrogen (secondary N) is 2. The van der Waals surface area contributed by atoms with Gasteiger partial charge in [-0.25, -0.2) is 0 Å². The summed E-state index contributed by atoms with van der Waals surface area (Å²) in [7, 11) is 0. The minimum Gasteiger partial charge on any atom is -0.382 e. The average Bonchev–Trinajstić information content (AvgIpc) is 2.39. The zero-order valence-electron chi connectivity index (χ0n) is 11.9. The van der Waals surface area contributed by atoms with Crippen molar-refractivity contribution in [2.75, 3.05) is 5.32 Å². The van der Waals surface area contributed by atoms with Crippen molar-refractivity contribution in [2.24, 2.45) is 0 Å². The molecule has 1 aromatic rings. The van der Waals surface area contributed by atoms with Crippen molar-refractivity contribution in [1.82, 2.24) is 5.32 Å². The van der Waals surface area contributed by atoms with E-state index in [4.69, 9.17) is 0 Å². The van der Waals surface area contributed by atoms with Gasteiger partial charge in [0.15, 0.2) is 0 Å². The van der Waals surface area contributed by atoms with Gasteiger partial charge >= 0.3 is 0 Å². The lowest BCUT2D eigenvalue weighted by Crippen LogP contribution is -2.30.